The van der Waals surface area contributed by atoms with Crippen LogP contribution in [0.25, 0.3) is 0 Å². The quantitative estimate of drug-likeness (QED) is 0.420. The SMILES string of the molecule is COCCNC(=O)c1cc([N+](=O)[O-])c(F)c(S(N)(=O)=O)c1. The molecule has 0 spiro atoms. The molecule has 0 aliphatic carbocycles. The number of benzene rings is 1. The number of hydrogen-bond donors (Lipinski definition) is 2. The topological polar surface area (TPSA) is 142 Å². The molecule has 21 heavy (non-hydrogen) atoms. The summed E-state index contributed by atoms with van der Waals surface area (Å²) in [7, 11) is -3.16. The third kappa shape index (κ3) is 4.18. The summed E-state index contributed by atoms with van der Waals surface area (Å²) in [5.41, 5.74) is -1.55. The average molecular weight is 321 g/mol. The van der Waals surface area contributed by atoms with Crippen molar-refractivity contribution in [2.75, 3.05) is 20.3 Å². The molecule has 0 aliphatic rings. The smallest absolute Gasteiger partial charge is 0.307 e. The molecule has 0 saturated carbocycles. The highest BCUT2D eigenvalue weighted by Gasteiger charge is 2.27. The molecule has 3 N–H and O–H groups in total. The Bertz CT molecular complexity index is 676. The lowest BCUT2D eigenvalue weighted by Gasteiger charge is -2.07. The summed E-state index contributed by atoms with van der Waals surface area (Å²) in [6.45, 7) is 0.266. The van der Waals surface area contributed by atoms with Gasteiger partial charge in [-0.25, -0.2) is 13.6 Å². The van der Waals surface area contributed by atoms with E-state index in [1.807, 2.05) is 0 Å². The lowest BCUT2D eigenvalue weighted by Crippen LogP contribution is -2.27. The van der Waals surface area contributed by atoms with Crippen molar-refractivity contribution >= 4 is 21.6 Å². The van der Waals surface area contributed by atoms with Gasteiger partial charge in [0.2, 0.25) is 15.8 Å². The van der Waals surface area contributed by atoms with Crippen molar-refractivity contribution in [1.82, 2.24) is 5.32 Å². The van der Waals surface area contributed by atoms with Gasteiger partial charge in [0.25, 0.3) is 5.91 Å². The van der Waals surface area contributed by atoms with Gasteiger partial charge in [0.15, 0.2) is 0 Å². The van der Waals surface area contributed by atoms with Gasteiger partial charge in [-0.2, -0.15) is 4.39 Å². The lowest BCUT2D eigenvalue weighted by molar-refractivity contribution is -0.387. The first-order chi connectivity index (χ1) is 9.68. The molecule has 116 valence electrons. The predicted octanol–water partition coefficient (Wildman–Crippen LogP) is -0.243. The second-order valence-electron chi connectivity index (χ2n) is 3.86. The van der Waals surface area contributed by atoms with Crippen LogP contribution in [0.2, 0.25) is 0 Å². The standard InChI is InChI=1S/C10H12FN3O6S/c1-20-3-2-13-10(15)6-4-7(14(16)17)9(11)8(5-6)21(12,18)19/h4-5H,2-3H2,1H3,(H,13,15)(H2,12,18,19). The molecule has 0 unspecified atom stereocenters. The fourth-order valence-corrected chi connectivity index (χ4v) is 2.07. The molecule has 1 aromatic rings. The summed E-state index contributed by atoms with van der Waals surface area (Å²) in [4.78, 5) is 20.2. The van der Waals surface area contributed by atoms with E-state index in [-0.39, 0.29) is 13.2 Å². The van der Waals surface area contributed by atoms with E-state index in [0.717, 1.165) is 0 Å². The zero-order chi connectivity index (χ0) is 16.2. The van der Waals surface area contributed by atoms with Crippen molar-refractivity contribution < 1.29 is 27.3 Å². The third-order valence-electron chi connectivity index (χ3n) is 2.38. The van der Waals surface area contributed by atoms with Crippen molar-refractivity contribution in [3.63, 3.8) is 0 Å². The van der Waals surface area contributed by atoms with Gasteiger partial charge >= 0.3 is 5.69 Å². The van der Waals surface area contributed by atoms with Gasteiger partial charge in [-0.05, 0) is 6.07 Å². The number of halogens is 1. The minimum atomic E-state index is -4.55. The molecule has 0 aliphatic heterocycles. The summed E-state index contributed by atoms with van der Waals surface area (Å²) >= 11 is 0. The Balaban J connectivity index is 3.31. The van der Waals surface area contributed by atoms with Crippen LogP contribution in [-0.4, -0.2) is 39.5 Å². The molecular weight excluding hydrogens is 309 g/mol. The molecule has 9 nitrogen and oxygen atoms in total. The maximum absolute atomic E-state index is 13.7. The zero-order valence-corrected chi connectivity index (χ0v) is 11.6. The monoisotopic (exact) mass is 321 g/mol. The number of ether oxygens (including phenoxy) is 1. The number of primary sulfonamides is 1. The molecule has 1 amide bonds. The number of nitro groups is 1. The first-order valence-corrected chi connectivity index (χ1v) is 7.01. The highest BCUT2D eigenvalue weighted by atomic mass is 32.2. The zero-order valence-electron chi connectivity index (χ0n) is 10.8. The van der Waals surface area contributed by atoms with E-state index < -0.39 is 42.8 Å². The van der Waals surface area contributed by atoms with Crippen LogP contribution < -0.4 is 10.5 Å². The van der Waals surface area contributed by atoms with E-state index >= 15 is 0 Å². The number of amides is 1. The van der Waals surface area contributed by atoms with E-state index in [1.165, 1.54) is 7.11 Å². The van der Waals surface area contributed by atoms with Gasteiger partial charge in [0, 0.05) is 25.3 Å². The molecule has 11 heteroatoms. The largest absolute Gasteiger partial charge is 0.383 e. The van der Waals surface area contributed by atoms with Crippen molar-refractivity contribution in [3.05, 3.63) is 33.6 Å². The molecule has 0 aromatic heterocycles. The van der Waals surface area contributed by atoms with Crippen LogP contribution in [0.1, 0.15) is 10.4 Å². The molecule has 0 radical (unpaired) electrons. The Morgan fingerprint density at radius 1 is 1.52 bits per heavy atom. The maximum Gasteiger partial charge on any atom is 0.307 e. The summed E-state index contributed by atoms with van der Waals surface area (Å²) in [6.07, 6.45) is 0. The Morgan fingerprint density at radius 3 is 2.62 bits per heavy atom. The normalized spacial score (nSPS) is 11.2. The lowest BCUT2D eigenvalue weighted by atomic mass is 10.2. The van der Waals surface area contributed by atoms with Crippen LogP contribution in [0.15, 0.2) is 17.0 Å². The van der Waals surface area contributed by atoms with Crippen LogP contribution in [-0.2, 0) is 14.8 Å². The first-order valence-electron chi connectivity index (χ1n) is 5.46. The fraction of sp³-hybridized carbons (Fsp3) is 0.300. The Labute approximate surface area is 119 Å². The van der Waals surface area contributed by atoms with Crippen LogP contribution in [0.3, 0.4) is 0 Å². The second kappa shape index (κ2) is 6.56. The summed E-state index contributed by atoms with van der Waals surface area (Å²) in [5.74, 6) is -2.43. The van der Waals surface area contributed by atoms with Gasteiger partial charge < -0.3 is 10.1 Å². The fourth-order valence-electron chi connectivity index (χ4n) is 1.42. The summed E-state index contributed by atoms with van der Waals surface area (Å²) < 4.78 is 40.9. The number of carbonyl (C=O) groups excluding carboxylic acids is 1. The molecule has 1 aromatic carbocycles. The van der Waals surface area contributed by atoms with Crippen molar-refractivity contribution in [2.24, 2.45) is 5.14 Å². The Morgan fingerprint density at radius 2 is 2.14 bits per heavy atom. The molecule has 0 atom stereocenters. The van der Waals surface area contributed by atoms with Crippen LogP contribution in [0, 0.1) is 15.9 Å². The molecule has 0 fully saturated rings. The van der Waals surface area contributed by atoms with Gasteiger partial charge in [0.1, 0.15) is 4.90 Å². The minimum Gasteiger partial charge on any atom is -0.383 e. The number of nitrogens with one attached hydrogen (secondary N) is 1. The van der Waals surface area contributed by atoms with E-state index in [9.17, 15) is 27.7 Å². The molecular formula is C10H12FN3O6S. The van der Waals surface area contributed by atoms with E-state index in [2.05, 4.69) is 10.1 Å². The van der Waals surface area contributed by atoms with Crippen LogP contribution in [0.4, 0.5) is 10.1 Å². The van der Waals surface area contributed by atoms with Crippen molar-refractivity contribution in [1.29, 1.82) is 0 Å². The van der Waals surface area contributed by atoms with Crippen LogP contribution in [0.5, 0.6) is 0 Å². The second-order valence-corrected chi connectivity index (χ2v) is 5.39. The molecule has 1 rings (SSSR count). The molecule has 0 bridgehead atoms. The van der Waals surface area contributed by atoms with Gasteiger partial charge in [0.05, 0.1) is 11.5 Å². The van der Waals surface area contributed by atoms with Crippen molar-refractivity contribution in [2.45, 2.75) is 4.90 Å². The Kier molecular flexibility index (Phi) is 5.29. The first kappa shape index (κ1) is 16.9. The highest BCUT2D eigenvalue weighted by molar-refractivity contribution is 7.89. The van der Waals surface area contributed by atoms with E-state index in [1.54, 1.807) is 0 Å². The number of carbonyl (C=O) groups is 1. The number of hydrogen-bond acceptors (Lipinski definition) is 6. The predicted molar refractivity (Wildman–Crippen MR) is 68.6 cm³/mol. The van der Waals surface area contributed by atoms with Crippen molar-refractivity contribution in [3.8, 4) is 0 Å². The highest BCUT2D eigenvalue weighted by Crippen LogP contribution is 2.25. The maximum atomic E-state index is 13.7. The Hall–Kier alpha value is -2.11. The number of nitrogens with two attached hydrogens (primary N) is 1. The minimum absolute atomic E-state index is 0.0885. The van der Waals surface area contributed by atoms with Gasteiger partial charge in [-0.1, -0.05) is 0 Å². The third-order valence-corrected chi connectivity index (χ3v) is 3.29. The molecule has 0 saturated heterocycles. The summed E-state index contributed by atoms with van der Waals surface area (Å²) in [5, 5.41) is 17.8. The van der Waals surface area contributed by atoms with Gasteiger partial charge in [-0.3, -0.25) is 14.9 Å². The van der Waals surface area contributed by atoms with Gasteiger partial charge in [-0.15, -0.1) is 0 Å². The molecule has 0 heterocycles. The van der Waals surface area contributed by atoms with Crippen LogP contribution >= 0.6 is 0 Å². The average Bonchev–Trinajstić information content (AvgIpc) is 2.37. The number of nitro benzene ring substituents is 1. The van der Waals surface area contributed by atoms with E-state index in [4.69, 9.17) is 5.14 Å². The number of sulfonamides is 1. The number of methoxy groups -OCH3 is 1. The summed E-state index contributed by atoms with van der Waals surface area (Å²) in [6, 6.07) is 1.27. The van der Waals surface area contributed by atoms with E-state index in [0.29, 0.717) is 12.1 Å². The number of nitrogens with zero attached hydrogens (tertiary/aromatic N) is 1. The number of rotatable bonds is 6.